The summed E-state index contributed by atoms with van der Waals surface area (Å²) in [6, 6.07) is 2.93. The first-order valence-corrected chi connectivity index (χ1v) is 4.92. The highest BCUT2D eigenvalue weighted by molar-refractivity contribution is 5.73. The van der Waals surface area contributed by atoms with Crippen LogP contribution >= 0.6 is 0 Å². The van der Waals surface area contributed by atoms with Crippen molar-refractivity contribution in [3.63, 3.8) is 0 Å². The lowest BCUT2D eigenvalue weighted by molar-refractivity contribution is 0.498. The smallest absolute Gasteiger partial charge is 0.222 e. The van der Waals surface area contributed by atoms with E-state index in [0.717, 1.165) is 0 Å². The molecule has 5 nitrogen and oxygen atoms in total. The van der Waals surface area contributed by atoms with Crippen molar-refractivity contribution in [3.05, 3.63) is 35.1 Å². The van der Waals surface area contributed by atoms with E-state index in [9.17, 15) is 13.2 Å². The summed E-state index contributed by atoms with van der Waals surface area (Å²) < 4.78 is 40.5. The van der Waals surface area contributed by atoms with E-state index in [1.165, 1.54) is 0 Å². The van der Waals surface area contributed by atoms with Crippen LogP contribution in [0.25, 0.3) is 11.3 Å². The van der Waals surface area contributed by atoms with Gasteiger partial charge in [0.15, 0.2) is 11.6 Å². The molecule has 2 rings (SSSR count). The maximum absolute atomic E-state index is 13.7. The van der Waals surface area contributed by atoms with Crippen molar-refractivity contribution in [1.29, 1.82) is 5.26 Å². The number of hydrogen-bond acceptors (Lipinski definition) is 5. The molecule has 2 aromatic rings. The minimum Gasteiger partial charge on any atom is -0.382 e. The monoisotopic (exact) mass is 265 g/mol. The number of aromatic nitrogens is 2. The topological polar surface area (TPSA) is 102 Å². The van der Waals surface area contributed by atoms with Gasteiger partial charge in [0.05, 0.1) is 5.56 Å². The highest BCUT2D eigenvalue weighted by atomic mass is 19.2. The maximum atomic E-state index is 13.7. The highest BCUT2D eigenvalue weighted by Gasteiger charge is 2.22. The Bertz CT molecular complexity index is 708. The molecule has 0 aliphatic rings. The zero-order valence-corrected chi connectivity index (χ0v) is 9.28. The predicted octanol–water partition coefficient (Wildman–Crippen LogP) is 1.60. The summed E-state index contributed by atoms with van der Waals surface area (Å²) in [7, 11) is 0. The molecule has 0 spiro atoms. The van der Waals surface area contributed by atoms with E-state index in [0.29, 0.717) is 12.1 Å². The molecule has 1 aromatic heterocycles. The fourth-order valence-electron chi connectivity index (χ4n) is 1.53. The third-order valence-electron chi connectivity index (χ3n) is 2.35. The average Bonchev–Trinajstić information content (AvgIpc) is 2.34. The zero-order valence-electron chi connectivity index (χ0n) is 9.28. The number of nitrogens with zero attached hydrogens (tertiary/aromatic N) is 3. The molecular weight excluding hydrogens is 259 g/mol. The number of nitrogen functional groups attached to an aromatic ring is 2. The second-order valence-electron chi connectivity index (χ2n) is 3.52. The Labute approximate surface area is 105 Å². The minimum atomic E-state index is -1.48. The van der Waals surface area contributed by atoms with Crippen molar-refractivity contribution in [2.24, 2.45) is 0 Å². The van der Waals surface area contributed by atoms with Crippen LogP contribution in [0.15, 0.2) is 12.1 Å². The molecule has 0 unspecified atom stereocenters. The summed E-state index contributed by atoms with van der Waals surface area (Å²) in [4.78, 5) is 7.05. The fraction of sp³-hybridized carbons (Fsp3) is 0. The number of hydrogen-bond donors (Lipinski definition) is 2. The first kappa shape index (κ1) is 12.6. The van der Waals surface area contributed by atoms with Crippen LogP contribution in [0.5, 0.6) is 0 Å². The van der Waals surface area contributed by atoms with Gasteiger partial charge in [-0.1, -0.05) is 0 Å². The SMILES string of the molecule is N#Cc1c(N)nc(N)nc1-c1c(F)ccc(F)c1F. The van der Waals surface area contributed by atoms with Crippen LogP contribution in [0.2, 0.25) is 0 Å². The van der Waals surface area contributed by atoms with Gasteiger partial charge in [0.2, 0.25) is 5.95 Å². The van der Waals surface area contributed by atoms with Crippen molar-refractivity contribution in [1.82, 2.24) is 9.97 Å². The molecule has 8 heteroatoms. The van der Waals surface area contributed by atoms with Gasteiger partial charge in [-0.25, -0.2) is 18.2 Å². The van der Waals surface area contributed by atoms with Crippen LogP contribution in [0.3, 0.4) is 0 Å². The summed E-state index contributed by atoms with van der Waals surface area (Å²) in [6.07, 6.45) is 0. The molecular formula is C11H6F3N5. The molecule has 0 fully saturated rings. The van der Waals surface area contributed by atoms with E-state index < -0.39 is 28.7 Å². The van der Waals surface area contributed by atoms with Gasteiger partial charge in [0.1, 0.15) is 29.0 Å². The number of benzene rings is 1. The Balaban J connectivity index is 2.87. The third-order valence-corrected chi connectivity index (χ3v) is 2.35. The first-order valence-electron chi connectivity index (χ1n) is 4.92. The van der Waals surface area contributed by atoms with Crippen molar-refractivity contribution in [3.8, 4) is 17.3 Å². The van der Waals surface area contributed by atoms with Gasteiger partial charge in [-0.2, -0.15) is 10.2 Å². The van der Waals surface area contributed by atoms with Gasteiger partial charge in [0, 0.05) is 0 Å². The molecule has 0 saturated heterocycles. The molecule has 0 atom stereocenters. The fourth-order valence-corrected chi connectivity index (χ4v) is 1.53. The summed E-state index contributed by atoms with van der Waals surface area (Å²) in [5.41, 5.74) is 9.05. The van der Waals surface area contributed by atoms with Crippen molar-refractivity contribution in [2.75, 3.05) is 11.5 Å². The molecule has 0 radical (unpaired) electrons. The molecule has 0 amide bonds. The predicted molar refractivity (Wildman–Crippen MR) is 60.9 cm³/mol. The molecule has 0 saturated carbocycles. The molecule has 96 valence electrons. The molecule has 19 heavy (non-hydrogen) atoms. The van der Waals surface area contributed by atoms with Gasteiger partial charge in [0.25, 0.3) is 0 Å². The van der Waals surface area contributed by atoms with Gasteiger partial charge in [-0.05, 0) is 12.1 Å². The number of anilines is 2. The van der Waals surface area contributed by atoms with Crippen LogP contribution < -0.4 is 11.5 Å². The van der Waals surface area contributed by atoms with Crippen molar-refractivity contribution in [2.45, 2.75) is 0 Å². The molecule has 1 aromatic carbocycles. The summed E-state index contributed by atoms with van der Waals surface area (Å²) in [5, 5.41) is 8.91. The normalized spacial score (nSPS) is 10.2. The van der Waals surface area contributed by atoms with Crippen molar-refractivity contribution < 1.29 is 13.2 Å². The van der Waals surface area contributed by atoms with Crippen LogP contribution in [0.1, 0.15) is 5.56 Å². The quantitative estimate of drug-likeness (QED) is 0.762. The Kier molecular flexibility index (Phi) is 2.96. The van der Waals surface area contributed by atoms with E-state index >= 15 is 0 Å². The summed E-state index contributed by atoms with van der Waals surface area (Å²) in [5.74, 6) is -4.57. The van der Waals surface area contributed by atoms with Crippen LogP contribution in [-0.2, 0) is 0 Å². The van der Waals surface area contributed by atoms with E-state index in [1.807, 2.05) is 0 Å². The zero-order chi connectivity index (χ0) is 14.2. The summed E-state index contributed by atoms with van der Waals surface area (Å²) in [6.45, 7) is 0. The van der Waals surface area contributed by atoms with Crippen LogP contribution in [0, 0.1) is 28.8 Å². The largest absolute Gasteiger partial charge is 0.382 e. The van der Waals surface area contributed by atoms with Crippen LogP contribution in [-0.4, -0.2) is 9.97 Å². The Hall–Kier alpha value is -2.82. The Morgan fingerprint density at radius 3 is 2.32 bits per heavy atom. The standard InChI is InChI=1S/C11H6F3N5/c12-5-1-2-6(13)8(14)7(5)9-4(3-15)10(16)19-11(17)18-9/h1-2H,(H4,16,17,18,19). The second-order valence-corrected chi connectivity index (χ2v) is 3.52. The molecule has 0 aliphatic heterocycles. The lowest BCUT2D eigenvalue weighted by Crippen LogP contribution is -2.07. The van der Waals surface area contributed by atoms with Gasteiger partial charge >= 0.3 is 0 Å². The highest BCUT2D eigenvalue weighted by Crippen LogP contribution is 2.30. The first-order chi connectivity index (χ1) is 8.95. The van der Waals surface area contributed by atoms with E-state index in [-0.39, 0.29) is 17.3 Å². The van der Waals surface area contributed by atoms with E-state index in [1.54, 1.807) is 6.07 Å². The number of halogens is 3. The van der Waals surface area contributed by atoms with Gasteiger partial charge in [-0.15, -0.1) is 0 Å². The number of nitriles is 1. The molecule has 0 bridgehead atoms. The lowest BCUT2D eigenvalue weighted by atomic mass is 10.1. The van der Waals surface area contributed by atoms with E-state index in [2.05, 4.69) is 9.97 Å². The van der Waals surface area contributed by atoms with Crippen LogP contribution in [0.4, 0.5) is 24.9 Å². The maximum Gasteiger partial charge on any atom is 0.222 e. The second kappa shape index (κ2) is 4.45. The van der Waals surface area contributed by atoms with E-state index in [4.69, 9.17) is 16.7 Å². The number of nitrogens with two attached hydrogens (primary N) is 2. The average molecular weight is 265 g/mol. The Morgan fingerprint density at radius 2 is 1.68 bits per heavy atom. The molecule has 4 N–H and O–H groups in total. The summed E-state index contributed by atoms with van der Waals surface area (Å²) >= 11 is 0. The third kappa shape index (κ3) is 2.01. The number of rotatable bonds is 1. The van der Waals surface area contributed by atoms with Gasteiger partial charge < -0.3 is 11.5 Å². The van der Waals surface area contributed by atoms with Gasteiger partial charge in [-0.3, -0.25) is 0 Å². The molecule has 0 aliphatic carbocycles. The van der Waals surface area contributed by atoms with Crippen molar-refractivity contribution >= 4 is 11.8 Å². The lowest BCUT2D eigenvalue weighted by Gasteiger charge is -2.08. The Morgan fingerprint density at radius 1 is 1.05 bits per heavy atom. The minimum absolute atomic E-state index is 0.340. The molecule has 1 heterocycles.